The molecule has 0 radical (unpaired) electrons. The van der Waals surface area contributed by atoms with Gasteiger partial charge in [-0.1, -0.05) is 91.0 Å². The first-order valence-corrected chi connectivity index (χ1v) is 9.36. The van der Waals surface area contributed by atoms with E-state index in [1.165, 1.54) is 6.21 Å². The molecule has 146 valence electrons. The van der Waals surface area contributed by atoms with Gasteiger partial charge in [0.15, 0.2) is 0 Å². The van der Waals surface area contributed by atoms with Crippen molar-refractivity contribution >= 4 is 12.1 Å². The minimum atomic E-state index is -0.609. The van der Waals surface area contributed by atoms with Gasteiger partial charge in [-0.05, 0) is 11.1 Å². The second-order valence-corrected chi connectivity index (χ2v) is 6.49. The lowest BCUT2D eigenvalue weighted by atomic mass is 9.95. The van der Waals surface area contributed by atoms with E-state index in [1.54, 1.807) is 0 Å². The number of rotatable bonds is 5. The molecule has 4 rings (SSSR count). The highest BCUT2D eigenvalue weighted by Gasteiger charge is 2.22. The monoisotopic (exact) mass is 394 g/mol. The zero-order valence-corrected chi connectivity index (χ0v) is 15.9. The van der Waals surface area contributed by atoms with Crippen molar-refractivity contribution in [1.82, 2.24) is 15.6 Å². The smallest absolute Gasteiger partial charge is 0.267 e. The molecule has 3 aromatic carbocycles. The van der Waals surface area contributed by atoms with Crippen LogP contribution in [0.5, 0.6) is 0 Å². The highest BCUT2D eigenvalue weighted by Crippen LogP contribution is 2.31. The molecule has 1 heterocycles. The number of amides is 1. The summed E-state index contributed by atoms with van der Waals surface area (Å²) in [5.41, 5.74) is 5.13. The molecule has 1 aromatic heterocycles. The van der Waals surface area contributed by atoms with E-state index >= 15 is 0 Å². The first-order chi connectivity index (χ1) is 14.7. The summed E-state index contributed by atoms with van der Waals surface area (Å²) in [6.45, 7) is 0. The maximum absolute atomic E-state index is 13.0. The molecule has 0 bridgehead atoms. The number of nitrogens with one attached hydrogen (secondary N) is 2. The van der Waals surface area contributed by atoms with E-state index in [4.69, 9.17) is 0 Å². The van der Waals surface area contributed by atoms with Gasteiger partial charge >= 0.3 is 0 Å². The SMILES string of the molecule is O=C(N/N=C\c1ccccc1)c1c(-c2ccccc2)c(-c2ccccc2)n[nH]c1=O. The molecule has 0 spiro atoms. The Morgan fingerprint density at radius 1 is 0.833 bits per heavy atom. The summed E-state index contributed by atoms with van der Waals surface area (Å²) < 4.78 is 0. The van der Waals surface area contributed by atoms with Crippen molar-refractivity contribution in [1.29, 1.82) is 0 Å². The number of nitrogens with zero attached hydrogens (tertiary/aromatic N) is 2. The summed E-state index contributed by atoms with van der Waals surface area (Å²) >= 11 is 0. The van der Waals surface area contributed by atoms with Crippen molar-refractivity contribution in [3.05, 3.63) is 112 Å². The van der Waals surface area contributed by atoms with E-state index in [2.05, 4.69) is 20.7 Å². The molecular formula is C24H18N4O2. The van der Waals surface area contributed by atoms with Gasteiger partial charge in [-0.15, -0.1) is 0 Å². The Kier molecular flexibility index (Phi) is 5.57. The van der Waals surface area contributed by atoms with Gasteiger partial charge in [0.2, 0.25) is 0 Å². The number of aromatic amines is 1. The molecule has 30 heavy (non-hydrogen) atoms. The van der Waals surface area contributed by atoms with Crippen LogP contribution in [0.2, 0.25) is 0 Å². The Bertz CT molecular complexity index is 1230. The van der Waals surface area contributed by atoms with Gasteiger partial charge in [0.25, 0.3) is 11.5 Å². The number of hydrazone groups is 1. The molecule has 0 unspecified atom stereocenters. The third-order valence-electron chi connectivity index (χ3n) is 4.50. The fourth-order valence-corrected chi connectivity index (χ4v) is 3.12. The maximum Gasteiger partial charge on any atom is 0.277 e. The van der Waals surface area contributed by atoms with Crippen molar-refractivity contribution in [2.45, 2.75) is 0 Å². The van der Waals surface area contributed by atoms with Crippen LogP contribution in [0.25, 0.3) is 22.4 Å². The van der Waals surface area contributed by atoms with Crippen molar-refractivity contribution < 1.29 is 4.79 Å². The summed E-state index contributed by atoms with van der Waals surface area (Å²) in [4.78, 5) is 25.6. The average Bonchev–Trinajstić information content (AvgIpc) is 2.80. The summed E-state index contributed by atoms with van der Waals surface area (Å²) in [6, 6.07) is 28.0. The van der Waals surface area contributed by atoms with Gasteiger partial charge in [0, 0.05) is 11.1 Å². The van der Waals surface area contributed by atoms with Crippen LogP contribution in [0.4, 0.5) is 0 Å². The van der Waals surface area contributed by atoms with Crippen LogP contribution >= 0.6 is 0 Å². The number of hydrogen-bond donors (Lipinski definition) is 2. The molecule has 6 heteroatoms. The normalized spacial score (nSPS) is 10.8. The molecule has 0 fully saturated rings. The summed E-state index contributed by atoms with van der Waals surface area (Å²) in [5, 5.41) is 10.7. The van der Waals surface area contributed by atoms with E-state index < -0.39 is 11.5 Å². The van der Waals surface area contributed by atoms with Crippen molar-refractivity contribution in [2.75, 3.05) is 0 Å². The van der Waals surface area contributed by atoms with E-state index in [0.717, 1.165) is 11.1 Å². The third kappa shape index (κ3) is 4.07. The van der Waals surface area contributed by atoms with Gasteiger partial charge in [0.1, 0.15) is 5.56 Å². The molecule has 6 nitrogen and oxygen atoms in total. The van der Waals surface area contributed by atoms with E-state index in [9.17, 15) is 9.59 Å². The zero-order valence-electron chi connectivity index (χ0n) is 15.9. The molecule has 2 N–H and O–H groups in total. The summed E-state index contributed by atoms with van der Waals surface area (Å²) in [5.74, 6) is -0.609. The lowest BCUT2D eigenvalue weighted by molar-refractivity contribution is 0.0954. The Labute approximate surface area is 172 Å². The number of H-pyrrole nitrogens is 1. The van der Waals surface area contributed by atoms with Gasteiger partial charge in [-0.2, -0.15) is 10.2 Å². The van der Waals surface area contributed by atoms with E-state index in [0.29, 0.717) is 16.8 Å². The third-order valence-corrected chi connectivity index (χ3v) is 4.50. The van der Waals surface area contributed by atoms with Crippen LogP contribution in [0.3, 0.4) is 0 Å². The largest absolute Gasteiger partial charge is 0.277 e. The minimum absolute atomic E-state index is 0.0414. The summed E-state index contributed by atoms with van der Waals surface area (Å²) in [7, 11) is 0. The zero-order chi connectivity index (χ0) is 20.8. The van der Waals surface area contributed by atoms with E-state index in [1.807, 2.05) is 91.0 Å². The molecular weight excluding hydrogens is 376 g/mol. The van der Waals surface area contributed by atoms with Crippen molar-refractivity contribution in [2.24, 2.45) is 5.10 Å². The number of hydrogen-bond acceptors (Lipinski definition) is 4. The molecule has 0 aliphatic carbocycles. The standard InChI is InChI=1S/C24H18N4O2/c29-23(27-25-16-17-10-4-1-5-11-17)21-20(18-12-6-2-7-13-18)22(26-28-24(21)30)19-14-8-3-9-15-19/h1-16H,(H,27,29)(H,28,30)/b25-16-. The molecule has 0 atom stereocenters. The van der Waals surface area contributed by atoms with Gasteiger partial charge in [-0.25, -0.2) is 10.5 Å². The molecule has 0 aliphatic rings. The number of carbonyl (C=O) groups excluding carboxylic acids is 1. The molecule has 4 aromatic rings. The topological polar surface area (TPSA) is 87.2 Å². The maximum atomic E-state index is 13.0. The number of aromatic nitrogens is 2. The Hall–Kier alpha value is -4.32. The molecule has 1 amide bonds. The molecule has 0 aliphatic heterocycles. The van der Waals surface area contributed by atoms with Crippen LogP contribution in [0, 0.1) is 0 Å². The van der Waals surface area contributed by atoms with Crippen LogP contribution in [0.15, 0.2) is 101 Å². The summed E-state index contributed by atoms with van der Waals surface area (Å²) in [6.07, 6.45) is 1.52. The predicted molar refractivity (Wildman–Crippen MR) is 117 cm³/mol. The average molecular weight is 394 g/mol. The Balaban J connectivity index is 1.79. The van der Waals surface area contributed by atoms with Crippen molar-refractivity contribution in [3.63, 3.8) is 0 Å². The van der Waals surface area contributed by atoms with Gasteiger partial charge < -0.3 is 0 Å². The Morgan fingerprint density at radius 3 is 2.03 bits per heavy atom. The van der Waals surface area contributed by atoms with Gasteiger partial charge in [0.05, 0.1) is 11.9 Å². The van der Waals surface area contributed by atoms with Crippen LogP contribution < -0.4 is 11.0 Å². The second kappa shape index (κ2) is 8.79. The second-order valence-electron chi connectivity index (χ2n) is 6.49. The minimum Gasteiger partial charge on any atom is -0.267 e. The lowest BCUT2D eigenvalue weighted by Gasteiger charge is -2.12. The Morgan fingerprint density at radius 2 is 1.40 bits per heavy atom. The molecule has 0 saturated carbocycles. The quantitative estimate of drug-likeness (QED) is 0.398. The highest BCUT2D eigenvalue weighted by atomic mass is 16.2. The number of benzene rings is 3. The fourth-order valence-electron chi connectivity index (χ4n) is 3.12. The van der Waals surface area contributed by atoms with Crippen LogP contribution in [0.1, 0.15) is 15.9 Å². The highest BCUT2D eigenvalue weighted by molar-refractivity contribution is 6.03. The number of carbonyl (C=O) groups is 1. The molecule has 0 saturated heterocycles. The van der Waals surface area contributed by atoms with Gasteiger partial charge in [-0.3, -0.25) is 9.59 Å². The van der Waals surface area contributed by atoms with Crippen molar-refractivity contribution in [3.8, 4) is 22.4 Å². The van der Waals surface area contributed by atoms with Crippen LogP contribution in [-0.2, 0) is 0 Å². The van der Waals surface area contributed by atoms with E-state index in [-0.39, 0.29) is 5.56 Å². The fraction of sp³-hybridized carbons (Fsp3) is 0. The first-order valence-electron chi connectivity index (χ1n) is 9.36. The predicted octanol–water partition coefficient (Wildman–Crippen LogP) is 3.87. The van der Waals surface area contributed by atoms with Crippen LogP contribution in [-0.4, -0.2) is 22.3 Å². The first kappa shape index (κ1) is 19.0. The lowest BCUT2D eigenvalue weighted by Crippen LogP contribution is -2.28.